The number of aromatic amines is 1. The average Bonchev–Trinajstić information content (AvgIpc) is 3.45. The molecule has 7 atom stereocenters. The lowest BCUT2D eigenvalue weighted by molar-refractivity contribution is -0.149. The number of H-pyrrole nitrogens is 1. The van der Waals surface area contributed by atoms with Crippen molar-refractivity contribution in [1.82, 2.24) is 9.97 Å². The molecule has 226 valence electrons. The Kier molecular flexibility index (Phi) is 9.01. The molecule has 0 saturated heterocycles. The number of carbonyl (C=O) groups is 1. The van der Waals surface area contributed by atoms with E-state index in [1.54, 1.807) is 0 Å². The molecule has 41 heavy (non-hydrogen) atoms. The first-order valence-corrected chi connectivity index (χ1v) is 16.2. The summed E-state index contributed by atoms with van der Waals surface area (Å²) < 4.78 is 6.02. The topological polar surface area (TPSA) is 95.4 Å². The Morgan fingerprint density at radius 1 is 1.24 bits per heavy atom. The molecule has 0 amide bonds. The Labute approximate surface area is 246 Å². The number of allylic oxidation sites excluding steroid dienone is 3. The predicted octanol–water partition coefficient (Wildman–Crippen LogP) is 6.88. The van der Waals surface area contributed by atoms with Crippen LogP contribution in [-0.4, -0.2) is 44.5 Å². The number of rotatable bonds is 10. The Balaban J connectivity index is 1.27. The van der Waals surface area contributed by atoms with Gasteiger partial charge in [-0.2, -0.15) is 0 Å². The number of aliphatic hydroxyl groups is 2. The number of esters is 1. The minimum atomic E-state index is -0.645. The first-order chi connectivity index (χ1) is 19.6. The number of hydrogen-bond donors (Lipinski definition) is 3. The van der Waals surface area contributed by atoms with Crippen molar-refractivity contribution < 1.29 is 19.7 Å². The van der Waals surface area contributed by atoms with Gasteiger partial charge in [-0.3, -0.25) is 4.79 Å². The molecule has 5 rings (SSSR count). The average molecular weight is 565 g/mol. The second-order valence-corrected chi connectivity index (χ2v) is 14.0. The third-order valence-electron chi connectivity index (χ3n) is 11.2. The molecule has 4 fully saturated rings. The first kappa shape index (κ1) is 30.3. The highest BCUT2D eigenvalue weighted by Gasteiger charge is 2.55. The van der Waals surface area contributed by atoms with Crippen LogP contribution in [0.5, 0.6) is 0 Å². The van der Waals surface area contributed by atoms with E-state index >= 15 is 0 Å². The second-order valence-electron chi connectivity index (χ2n) is 14.0. The second kappa shape index (κ2) is 12.2. The van der Waals surface area contributed by atoms with Crippen LogP contribution in [-0.2, 0) is 21.4 Å². The Morgan fingerprint density at radius 2 is 2.02 bits per heavy atom. The van der Waals surface area contributed by atoms with Crippen molar-refractivity contribution in [1.29, 1.82) is 0 Å². The van der Waals surface area contributed by atoms with E-state index in [9.17, 15) is 15.0 Å². The Bertz CT molecular complexity index is 1180. The maximum absolute atomic E-state index is 12.2. The van der Waals surface area contributed by atoms with Crippen LogP contribution in [0.2, 0.25) is 0 Å². The summed E-state index contributed by atoms with van der Waals surface area (Å²) in [6, 6.07) is 0. The number of ether oxygens (including phenoxy) is 1. The van der Waals surface area contributed by atoms with Crippen molar-refractivity contribution in [2.45, 2.75) is 135 Å². The van der Waals surface area contributed by atoms with Crippen LogP contribution in [0, 0.1) is 23.2 Å². The number of aryl methyl sites for hydroxylation is 1. The van der Waals surface area contributed by atoms with Gasteiger partial charge in [0.15, 0.2) is 0 Å². The van der Waals surface area contributed by atoms with Gasteiger partial charge in [-0.05, 0) is 105 Å². The molecular weight excluding hydrogens is 512 g/mol. The van der Waals surface area contributed by atoms with Gasteiger partial charge in [-0.1, -0.05) is 51.5 Å². The molecule has 4 aliphatic carbocycles. The highest BCUT2D eigenvalue weighted by Crippen LogP contribution is 2.60. The molecule has 6 heteroatoms. The van der Waals surface area contributed by atoms with Gasteiger partial charge in [0.05, 0.1) is 17.6 Å². The maximum Gasteiger partial charge on any atom is 0.302 e. The number of aliphatic hydroxyl groups excluding tert-OH is 2. The van der Waals surface area contributed by atoms with Gasteiger partial charge in [0, 0.05) is 25.2 Å². The van der Waals surface area contributed by atoms with Crippen molar-refractivity contribution >= 4 is 5.97 Å². The van der Waals surface area contributed by atoms with Gasteiger partial charge in [0.1, 0.15) is 11.9 Å². The zero-order valence-electron chi connectivity index (χ0n) is 25.8. The van der Waals surface area contributed by atoms with E-state index in [1.165, 1.54) is 43.9 Å². The predicted molar refractivity (Wildman–Crippen MR) is 162 cm³/mol. The monoisotopic (exact) mass is 564 g/mol. The summed E-state index contributed by atoms with van der Waals surface area (Å²) in [5, 5.41) is 20.4. The number of carbonyl (C=O) groups excluding carboxylic acids is 1. The Hall–Kier alpha value is -2.18. The summed E-state index contributed by atoms with van der Waals surface area (Å²) in [6.07, 6.45) is 18.2. The van der Waals surface area contributed by atoms with Crippen LogP contribution in [0.15, 0.2) is 41.6 Å². The van der Waals surface area contributed by atoms with Gasteiger partial charge in [-0.25, -0.2) is 4.98 Å². The maximum atomic E-state index is 12.2. The standard InChI is InChI=1S/C35H52N2O4/c1-6-8-27-21-36-33(37-27)35(17-18-35)32(41-24(4)38)15-10-22(2)29-13-14-30-25(9-7-16-34(29,30)5)11-12-26-19-28(39)20-31(40)23(26)3/h11-12,21-22,28-32,39-40H,3,6-10,13-20H2,1-2,4-5H3,(H,36,37)/b25-11+,26-12-/t22-,28-,29-,30+,31+,32-,34-/m1/s1. The van der Waals surface area contributed by atoms with Gasteiger partial charge in [-0.15, -0.1) is 0 Å². The largest absolute Gasteiger partial charge is 0.461 e. The molecule has 0 aliphatic heterocycles. The minimum absolute atomic E-state index is 0.129. The molecule has 3 N–H and O–H groups in total. The van der Waals surface area contributed by atoms with Gasteiger partial charge in [0.25, 0.3) is 0 Å². The van der Waals surface area contributed by atoms with Crippen molar-refractivity contribution in [3.63, 3.8) is 0 Å². The number of fused-ring (bicyclic) bond motifs is 1. The van der Waals surface area contributed by atoms with Gasteiger partial charge < -0.3 is 19.9 Å². The summed E-state index contributed by atoms with van der Waals surface area (Å²) in [7, 11) is 0. The fraction of sp³-hybridized carbons (Fsp3) is 0.714. The van der Waals surface area contributed by atoms with Gasteiger partial charge in [0.2, 0.25) is 0 Å². The fourth-order valence-corrected chi connectivity index (χ4v) is 8.80. The highest BCUT2D eigenvalue weighted by atomic mass is 16.5. The van der Waals surface area contributed by atoms with Crippen LogP contribution in [0.3, 0.4) is 0 Å². The van der Waals surface area contributed by atoms with E-state index in [0.717, 1.165) is 61.9 Å². The molecule has 6 nitrogen and oxygen atoms in total. The fourth-order valence-electron chi connectivity index (χ4n) is 8.80. The summed E-state index contributed by atoms with van der Waals surface area (Å²) >= 11 is 0. The zero-order valence-corrected chi connectivity index (χ0v) is 25.8. The lowest BCUT2D eigenvalue weighted by Crippen LogP contribution is -2.37. The van der Waals surface area contributed by atoms with E-state index in [0.29, 0.717) is 30.6 Å². The Morgan fingerprint density at radius 3 is 2.73 bits per heavy atom. The summed E-state index contributed by atoms with van der Waals surface area (Å²) in [5.41, 5.74) is 4.56. The van der Waals surface area contributed by atoms with Crippen molar-refractivity contribution in [2.24, 2.45) is 23.2 Å². The van der Waals surface area contributed by atoms with Crippen LogP contribution < -0.4 is 0 Å². The molecule has 1 heterocycles. The van der Waals surface area contributed by atoms with E-state index in [-0.39, 0.29) is 22.9 Å². The lowest BCUT2D eigenvalue weighted by Gasteiger charge is -2.44. The quantitative estimate of drug-likeness (QED) is 0.269. The summed E-state index contributed by atoms with van der Waals surface area (Å²) in [5.74, 6) is 2.58. The lowest BCUT2D eigenvalue weighted by atomic mass is 9.60. The SMILES string of the molecule is C=C1/C(=C\C=C2/CCC[C@]3(C)[C@@H]([C@H](C)CC[C@@H](OC(C)=O)C4(c5ncc(CCC)[nH]5)CC4)CC[C@@H]23)C[C@@H](O)C[C@@H]1O. The minimum Gasteiger partial charge on any atom is -0.461 e. The van der Waals surface area contributed by atoms with Gasteiger partial charge >= 0.3 is 5.97 Å². The molecule has 4 aliphatic rings. The number of nitrogens with one attached hydrogen (secondary N) is 1. The molecule has 4 saturated carbocycles. The number of hydrogen-bond acceptors (Lipinski definition) is 5. The van der Waals surface area contributed by atoms with Crippen LogP contribution in [0.4, 0.5) is 0 Å². The summed E-state index contributed by atoms with van der Waals surface area (Å²) in [6.45, 7) is 12.7. The first-order valence-electron chi connectivity index (χ1n) is 16.2. The van der Waals surface area contributed by atoms with Crippen molar-refractivity contribution in [3.8, 4) is 0 Å². The number of imidazole rings is 1. The van der Waals surface area contributed by atoms with E-state index < -0.39 is 12.2 Å². The molecular formula is C35H52N2O4. The molecule has 0 aromatic carbocycles. The molecule has 1 aromatic heterocycles. The van der Waals surface area contributed by atoms with E-state index in [1.807, 2.05) is 6.20 Å². The molecule has 0 spiro atoms. The molecule has 1 aromatic rings. The highest BCUT2D eigenvalue weighted by molar-refractivity contribution is 5.66. The smallest absolute Gasteiger partial charge is 0.302 e. The normalized spacial score (nSPS) is 34.4. The van der Waals surface area contributed by atoms with Crippen molar-refractivity contribution in [3.05, 3.63) is 53.2 Å². The molecule has 0 bridgehead atoms. The third-order valence-corrected chi connectivity index (χ3v) is 11.2. The summed E-state index contributed by atoms with van der Waals surface area (Å²) in [4.78, 5) is 20.5. The van der Waals surface area contributed by atoms with E-state index in [2.05, 4.69) is 44.5 Å². The molecule has 0 radical (unpaired) electrons. The van der Waals surface area contributed by atoms with Crippen LogP contribution >= 0.6 is 0 Å². The number of nitrogens with zero attached hydrogens (tertiary/aromatic N) is 1. The number of aromatic nitrogens is 2. The third kappa shape index (κ3) is 6.15. The van der Waals surface area contributed by atoms with Crippen LogP contribution in [0.25, 0.3) is 0 Å². The molecule has 0 unspecified atom stereocenters. The van der Waals surface area contributed by atoms with E-state index in [4.69, 9.17) is 9.72 Å². The van der Waals surface area contributed by atoms with Crippen molar-refractivity contribution in [2.75, 3.05) is 0 Å². The van der Waals surface area contributed by atoms with Crippen LogP contribution in [0.1, 0.15) is 116 Å². The zero-order chi connectivity index (χ0) is 29.4.